The van der Waals surface area contributed by atoms with E-state index in [2.05, 4.69) is 25.3 Å². The Balaban J connectivity index is 1.22. The van der Waals surface area contributed by atoms with Gasteiger partial charge in [0.25, 0.3) is 5.91 Å². The van der Waals surface area contributed by atoms with E-state index in [0.717, 1.165) is 61.4 Å². The number of carbonyl (C=O) groups is 2. The molecule has 5 heterocycles. The Morgan fingerprint density at radius 2 is 1.79 bits per heavy atom. The van der Waals surface area contributed by atoms with Gasteiger partial charge in [-0.2, -0.15) is 5.10 Å². The topological polar surface area (TPSA) is 130 Å². The second-order valence-corrected chi connectivity index (χ2v) is 12.3. The van der Waals surface area contributed by atoms with Gasteiger partial charge >= 0.3 is 6.09 Å². The Hall–Kier alpha value is -4.19. The van der Waals surface area contributed by atoms with Gasteiger partial charge in [0.15, 0.2) is 11.5 Å². The van der Waals surface area contributed by atoms with Gasteiger partial charge in [0.05, 0.1) is 41.1 Å². The Morgan fingerprint density at radius 3 is 2.45 bits per heavy atom. The van der Waals surface area contributed by atoms with Crippen molar-refractivity contribution in [1.29, 1.82) is 0 Å². The number of piperidine rings is 1. The lowest BCUT2D eigenvalue weighted by atomic mass is 10.0. The highest BCUT2D eigenvalue weighted by Gasteiger charge is 2.41. The molecule has 2 amide bonds. The average Bonchev–Trinajstić information content (AvgIpc) is 3.50. The number of carbonyl (C=O) groups excluding carboxylic acids is 2. The molecule has 0 radical (unpaired) electrons. The summed E-state index contributed by atoms with van der Waals surface area (Å²) in [5, 5.41) is 17.3. The molecule has 1 aliphatic heterocycles. The van der Waals surface area contributed by atoms with Gasteiger partial charge < -0.3 is 29.4 Å². The first-order valence-corrected chi connectivity index (χ1v) is 14.5. The monoisotopic (exact) mass is 574 g/mol. The third kappa shape index (κ3) is 5.50. The van der Waals surface area contributed by atoms with Crippen LogP contribution in [0.5, 0.6) is 0 Å². The largest absolute Gasteiger partial charge is 0.444 e. The number of hydrogen-bond donors (Lipinski definition) is 2. The van der Waals surface area contributed by atoms with Crippen LogP contribution in [0.4, 0.5) is 16.3 Å². The molecule has 0 spiro atoms. The first-order chi connectivity index (χ1) is 20.0. The van der Waals surface area contributed by atoms with E-state index in [-0.39, 0.29) is 30.7 Å². The van der Waals surface area contributed by atoms with Gasteiger partial charge in [-0.05, 0) is 78.5 Å². The summed E-state index contributed by atoms with van der Waals surface area (Å²) in [7, 11) is 0. The van der Waals surface area contributed by atoms with Crippen LogP contribution in [0.25, 0.3) is 11.2 Å². The van der Waals surface area contributed by atoms with Crippen molar-refractivity contribution in [3.05, 3.63) is 53.4 Å². The summed E-state index contributed by atoms with van der Waals surface area (Å²) in [6.07, 6.45) is 7.06. The minimum atomic E-state index is -0.530. The number of nitrogens with one attached hydrogen (secondary N) is 1. The smallest absolute Gasteiger partial charge is 0.410 e. The van der Waals surface area contributed by atoms with E-state index in [1.54, 1.807) is 16.8 Å². The van der Waals surface area contributed by atoms with Crippen LogP contribution in [0.3, 0.4) is 0 Å². The predicted octanol–water partition coefficient (Wildman–Crippen LogP) is 4.11. The highest BCUT2D eigenvalue weighted by atomic mass is 16.6. The van der Waals surface area contributed by atoms with Gasteiger partial charge in [0.2, 0.25) is 0 Å². The van der Waals surface area contributed by atoms with Crippen LogP contribution in [-0.4, -0.2) is 76.8 Å². The molecule has 6 rings (SSSR count). The van der Waals surface area contributed by atoms with Gasteiger partial charge in [-0.25, -0.2) is 14.3 Å². The fourth-order valence-electron chi connectivity index (χ4n) is 5.82. The molecule has 4 aromatic rings. The minimum absolute atomic E-state index is 0.121. The molecule has 0 atom stereocenters. The van der Waals surface area contributed by atoms with Crippen LogP contribution in [0.1, 0.15) is 74.0 Å². The molecule has 1 saturated heterocycles. The normalized spacial score (nSPS) is 16.3. The van der Waals surface area contributed by atoms with Gasteiger partial charge in [-0.3, -0.25) is 9.78 Å². The van der Waals surface area contributed by atoms with E-state index in [0.29, 0.717) is 22.9 Å². The Bertz CT molecular complexity index is 1660. The average molecular weight is 575 g/mol. The molecule has 0 unspecified atom stereocenters. The molecule has 0 bridgehead atoms. The first kappa shape index (κ1) is 28.0. The summed E-state index contributed by atoms with van der Waals surface area (Å²) in [5.41, 5.74) is 4.24. The number of rotatable bonds is 6. The molecule has 12 heteroatoms. The van der Waals surface area contributed by atoms with Crippen LogP contribution in [-0.2, 0) is 11.3 Å². The number of ether oxygens (including phenoxy) is 1. The molecule has 222 valence electrons. The number of amides is 2. The van der Waals surface area contributed by atoms with E-state index < -0.39 is 5.60 Å². The zero-order chi connectivity index (χ0) is 29.8. The molecular weight excluding hydrogens is 536 g/mol. The molecule has 12 nitrogen and oxygen atoms in total. The van der Waals surface area contributed by atoms with Crippen molar-refractivity contribution in [2.45, 2.75) is 84.6 Å². The number of imidazole rings is 1. The zero-order valence-corrected chi connectivity index (χ0v) is 24.8. The number of aliphatic hydroxyl groups is 1. The van der Waals surface area contributed by atoms with Crippen LogP contribution in [0, 0.1) is 13.8 Å². The number of aliphatic hydroxyl groups excluding tert-OH is 1. The van der Waals surface area contributed by atoms with E-state index in [4.69, 9.17) is 4.74 Å². The van der Waals surface area contributed by atoms with Crippen molar-refractivity contribution in [2.24, 2.45) is 0 Å². The highest BCUT2D eigenvalue weighted by Crippen LogP contribution is 2.35. The van der Waals surface area contributed by atoms with Crippen LogP contribution in [0.2, 0.25) is 0 Å². The third-order valence-corrected chi connectivity index (χ3v) is 7.75. The lowest BCUT2D eigenvalue weighted by molar-refractivity contribution is 0.0114. The third-order valence-electron chi connectivity index (χ3n) is 7.75. The van der Waals surface area contributed by atoms with E-state index in [1.165, 1.54) is 0 Å². The molecule has 42 heavy (non-hydrogen) atoms. The molecule has 1 aliphatic carbocycles. The van der Waals surface area contributed by atoms with Crippen molar-refractivity contribution in [3.63, 3.8) is 0 Å². The fourth-order valence-corrected chi connectivity index (χ4v) is 5.82. The van der Waals surface area contributed by atoms with Gasteiger partial charge in [-0.15, -0.1) is 0 Å². The number of pyridine rings is 1. The van der Waals surface area contributed by atoms with E-state index in [9.17, 15) is 14.7 Å². The zero-order valence-electron chi connectivity index (χ0n) is 24.8. The molecular formula is C30H38N8O4. The number of aromatic nitrogens is 5. The van der Waals surface area contributed by atoms with Crippen molar-refractivity contribution in [2.75, 3.05) is 23.3 Å². The van der Waals surface area contributed by atoms with Crippen molar-refractivity contribution < 1.29 is 19.4 Å². The lowest BCUT2D eigenvalue weighted by Gasteiger charge is -2.40. The maximum atomic E-state index is 13.4. The first-order valence-electron chi connectivity index (χ1n) is 14.5. The van der Waals surface area contributed by atoms with Gasteiger partial charge in [0.1, 0.15) is 11.3 Å². The van der Waals surface area contributed by atoms with Gasteiger partial charge in [-0.1, -0.05) is 0 Å². The molecule has 4 aromatic heterocycles. The summed E-state index contributed by atoms with van der Waals surface area (Å²) >= 11 is 0. The Labute approximate surface area is 244 Å². The molecule has 2 N–H and O–H groups in total. The number of aryl methyl sites for hydroxylation is 2. The SMILES string of the molecule is Cc1cn2cc(NC(=O)c3ccc(N4CCC(N(C(=O)OC(C)(C)C)C5CC5)CC4)c4cc(CO)nn34)nc2c(C)n1. The van der Waals surface area contributed by atoms with Crippen molar-refractivity contribution in [1.82, 2.24) is 28.9 Å². The molecule has 2 fully saturated rings. The van der Waals surface area contributed by atoms with Crippen LogP contribution < -0.4 is 10.2 Å². The fraction of sp³-hybridized carbons (Fsp3) is 0.500. The summed E-state index contributed by atoms with van der Waals surface area (Å²) in [6, 6.07) is 5.89. The van der Waals surface area contributed by atoms with E-state index >= 15 is 0 Å². The predicted molar refractivity (Wildman–Crippen MR) is 158 cm³/mol. The second-order valence-electron chi connectivity index (χ2n) is 12.3. The lowest BCUT2D eigenvalue weighted by Crippen LogP contribution is -2.50. The number of anilines is 2. The van der Waals surface area contributed by atoms with Crippen molar-refractivity contribution in [3.8, 4) is 0 Å². The molecule has 2 aliphatic rings. The minimum Gasteiger partial charge on any atom is -0.444 e. The summed E-state index contributed by atoms with van der Waals surface area (Å²) < 4.78 is 9.17. The van der Waals surface area contributed by atoms with Crippen LogP contribution in [0.15, 0.2) is 30.6 Å². The second kappa shape index (κ2) is 10.6. The Morgan fingerprint density at radius 1 is 1.07 bits per heavy atom. The summed E-state index contributed by atoms with van der Waals surface area (Å²) in [4.78, 5) is 39.7. The van der Waals surface area contributed by atoms with Crippen LogP contribution >= 0.6 is 0 Å². The maximum absolute atomic E-state index is 13.4. The quantitative estimate of drug-likeness (QED) is 0.352. The standard InChI is InChI=1S/C30H38N8O4/c1-18-15-36-16-26(32-27(36)19(2)31-18)33-28(40)24-9-8-23(25-14-20(17-39)34-38(24)25)35-12-10-22(11-13-35)37(21-6-7-21)29(41)42-30(3,4)5/h8-9,14-16,21-22,39H,6-7,10-13,17H2,1-5H3,(H,33,40). The van der Waals surface area contributed by atoms with E-state index in [1.807, 2.05) is 62.2 Å². The summed E-state index contributed by atoms with van der Waals surface area (Å²) in [6.45, 7) is 10.7. The molecule has 0 aromatic carbocycles. The highest BCUT2D eigenvalue weighted by molar-refractivity contribution is 6.03. The molecule has 1 saturated carbocycles. The van der Waals surface area contributed by atoms with Crippen molar-refractivity contribution >= 4 is 34.7 Å². The number of fused-ring (bicyclic) bond motifs is 2. The number of nitrogens with zero attached hydrogens (tertiary/aromatic N) is 7. The maximum Gasteiger partial charge on any atom is 0.410 e. The number of hydrogen-bond acceptors (Lipinski definition) is 8. The Kier molecular flexibility index (Phi) is 7.04. The van der Waals surface area contributed by atoms with Gasteiger partial charge in [0, 0.05) is 31.4 Å². The summed E-state index contributed by atoms with van der Waals surface area (Å²) in [5.74, 6) is 0.0514.